The number of nitrogens with one attached hydrogen (secondary N) is 3. The molecular weight excluding hydrogens is 883 g/mol. The highest BCUT2D eigenvalue weighted by Gasteiger charge is 2.40. The molecule has 0 spiro atoms. The van der Waals surface area contributed by atoms with Crippen LogP contribution in [0.25, 0.3) is 33.3 Å². The third kappa shape index (κ3) is 12.2. The highest BCUT2D eigenvalue weighted by Crippen LogP contribution is 2.45. The van der Waals surface area contributed by atoms with Gasteiger partial charge in [0.2, 0.25) is 5.91 Å². The molecular formula is C52H69N7O10. The zero-order valence-corrected chi connectivity index (χ0v) is 42.2. The first-order valence-electron chi connectivity index (χ1n) is 23.8. The molecule has 0 unspecified atom stereocenters. The number of aromatic amines is 2. The van der Waals surface area contributed by atoms with Gasteiger partial charge < -0.3 is 44.2 Å². The number of amides is 4. The van der Waals surface area contributed by atoms with Crippen LogP contribution in [-0.2, 0) is 28.5 Å². The first-order chi connectivity index (χ1) is 32.5. The molecule has 0 aliphatic carbocycles. The number of ether oxygens (including phenoxy) is 4. The van der Waals surface area contributed by atoms with E-state index in [9.17, 15) is 19.2 Å². The predicted octanol–water partition coefficient (Wildman–Crippen LogP) is 7.79. The molecule has 372 valence electrons. The van der Waals surface area contributed by atoms with Gasteiger partial charge in [-0.1, -0.05) is 13.8 Å². The number of hydrogen-bond donors (Lipinski definition) is 4. The number of imide groups is 1. The summed E-state index contributed by atoms with van der Waals surface area (Å²) >= 11 is 0. The minimum Gasteiger partial charge on any atom is -0.457 e. The van der Waals surface area contributed by atoms with Crippen LogP contribution in [0.3, 0.4) is 0 Å². The van der Waals surface area contributed by atoms with E-state index in [-0.39, 0.29) is 76.5 Å². The maximum absolute atomic E-state index is 15.1. The van der Waals surface area contributed by atoms with Gasteiger partial charge in [-0.25, -0.2) is 19.6 Å². The first-order valence-corrected chi connectivity index (χ1v) is 23.8. The van der Waals surface area contributed by atoms with Crippen molar-refractivity contribution in [3.05, 3.63) is 81.2 Å². The van der Waals surface area contributed by atoms with E-state index in [1.54, 1.807) is 38.8 Å². The van der Waals surface area contributed by atoms with Crippen molar-refractivity contribution in [1.29, 1.82) is 0 Å². The topological polar surface area (TPSA) is 218 Å². The Morgan fingerprint density at radius 1 is 0.855 bits per heavy atom. The van der Waals surface area contributed by atoms with Gasteiger partial charge in [0.15, 0.2) is 0 Å². The fraction of sp³-hybridized carbons (Fsp3) is 0.519. The molecule has 0 radical (unpaired) electrons. The number of hydrogen-bond acceptors (Lipinski definition) is 12. The molecule has 0 saturated carbocycles. The van der Waals surface area contributed by atoms with Crippen molar-refractivity contribution in [2.45, 2.75) is 118 Å². The largest absolute Gasteiger partial charge is 0.457 e. The van der Waals surface area contributed by atoms with Gasteiger partial charge in [-0.05, 0) is 122 Å². The summed E-state index contributed by atoms with van der Waals surface area (Å²) in [6.45, 7) is 21.6. The second-order valence-electron chi connectivity index (χ2n) is 19.7. The lowest BCUT2D eigenvalue weighted by Gasteiger charge is -2.27. The third-order valence-corrected chi connectivity index (χ3v) is 12.4. The molecule has 4 amide bonds. The number of fused-ring (bicyclic) bond motifs is 8. The van der Waals surface area contributed by atoms with Gasteiger partial charge >= 0.3 is 12.1 Å². The summed E-state index contributed by atoms with van der Waals surface area (Å²) in [7, 11) is 1.68. The maximum atomic E-state index is 15.1. The highest BCUT2D eigenvalue weighted by molar-refractivity contribution is 6.23. The summed E-state index contributed by atoms with van der Waals surface area (Å²) in [6, 6.07) is 5.79. The van der Waals surface area contributed by atoms with Crippen LogP contribution in [0.1, 0.15) is 161 Å². The lowest BCUT2D eigenvalue weighted by atomic mass is 9.84. The quantitative estimate of drug-likeness (QED) is 0.0517. The number of esters is 1. The standard InChI is InChI=1S/C52H69N7O10/c1-13-33-29(2)37-27-41-34(15-17-43(62)68-51(6,7)8)30(3)36(55-41)26-38-31(4)35(14-16-42(61)58(12)19-18-53-50(65)69-52(9,10)11)46(56-38)45-47-44(32(5)39(57-47)28-40(33)54-37)48(63)59(49(45)64)20-22-66-24-25-67-23-21-60/h15,17,26-28,31,35,56-57,60H,13-14,16,18-25H2,1-12H3,(H,53,65)/b17-15+,38-26?,40-28?,41-27?,46-45?/t31-,35-/m0/s1. The molecule has 2 atom stereocenters. The smallest absolute Gasteiger partial charge is 0.407 e. The van der Waals surface area contributed by atoms with Crippen molar-refractivity contribution in [2.75, 3.05) is 59.7 Å². The number of carbonyl (C=O) groups excluding carboxylic acids is 5. The zero-order valence-electron chi connectivity index (χ0n) is 42.2. The van der Waals surface area contributed by atoms with E-state index >= 15 is 4.79 Å². The van der Waals surface area contributed by atoms with Gasteiger partial charge in [0.1, 0.15) is 11.2 Å². The van der Waals surface area contributed by atoms with Gasteiger partial charge in [-0.15, -0.1) is 0 Å². The summed E-state index contributed by atoms with van der Waals surface area (Å²) in [5, 5.41) is 11.8. The zero-order chi connectivity index (χ0) is 50.5. The number of alkyl carbamates (subject to hydrolysis) is 1. The van der Waals surface area contributed by atoms with Crippen molar-refractivity contribution >= 4 is 63.1 Å². The Hall–Kier alpha value is -6.17. The molecule has 0 aromatic carbocycles. The number of aliphatic hydroxyl groups is 1. The van der Waals surface area contributed by atoms with Crippen molar-refractivity contribution in [3.8, 4) is 0 Å². The molecule has 69 heavy (non-hydrogen) atoms. The monoisotopic (exact) mass is 952 g/mol. The number of aryl methyl sites for hydroxylation is 1. The van der Waals surface area contributed by atoms with E-state index < -0.39 is 41.0 Å². The van der Waals surface area contributed by atoms with Crippen LogP contribution >= 0.6 is 0 Å². The molecule has 0 saturated heterocycles. The van der Waals surface area contributed by atoms with E-state index in [0.29, 0.717) is 69.0 Å². The number of likely N-dealkylation sites (N-methyl/N-ethyl adjacent to an activating group) is 1. The van der Waals surface area contributed by atoms with Crippen molar-refractivity contribution in [3.63, 3.8) is 0 Å². The van der Waals surface area contributed by atoms with Gasteiger partial charge in [0.05, 0.1) is 79.0 Å². The molecule has 2 aromatic rings. The fourth-order valence-corrected chi connectivity index (χ4v) is 8.85. The molecule has 4 aliphatic rings. The summed E-state index contributed by atoms with van der Waals surface area (Å²) in [5.74, 6) is -2.33. The average Bonchev–Trinajstić information content (AvgIpc) is 3.94. The maximum Gasteiger partial charge on any atom is 0.407 e. The molecule has 17 nitrogen and oxygen atoms in total. The van der Waals surface area contributed by atoms with Gasteiger partial charge in [0.25, 0.3) is 11.8 Å². The van der Waals surface area contributed by atoms with E-state index in [1.807, 2.05) is 66.7 Å². The lowest BCUT2D eigenvalue weighted by molar-refractivity contribution is -0.148. The number of rotatable bonds is 17. The molecule has 4 aliphatic heterocycles. The number of carbonyl (C=O) groups is 5. The Balaban J connectivity index is 1.52. The minimum absolute atomic E-state index is 0.0388. The van der Waals surface area contributed by atoms with E-state index in [0.717, 1.165) is 22.4 Å². The molecule has 8 bridgehead atoms. The lowest BCUT2D eigenvalue weighted by Crippen LogP contribution is -2.43. The van der Waals surface area contributed by atoms with Crippen LogP contribution in [-0.4, -0.2) is 136 Å². The van der Waals surface area contributed by atoms with E-state index in [2.05, 4.69) is 22.2 Å². The van der Waals surface area contributed by atoms with Gasteiger partial charge in [-0.2, -0.15) is 0 Å². The Labute approximate surface area is 404 Å². The second-order valence-corrected chi connectivity index (χ2v) is 19.7. The normalized spacial score (nSPS) is 16.7. The first kappa shape index (κ1) is 52.2. The number of aromatic nitrogens is 4. The Morgan fingerprint density at radius 3 is 2.17 bits per heavy atom. The van der Waals surface area contributed by atoms with Crippen LogP contribution < -0.4 is 5.32 Å². The number of nitrogens with zero attached hydrogens (tertiary/aromatic N) is 4. The number of aliphatic hydroxyl groups excluding tert-OH is 1. The SMILES string of the molecule is CCC1=C(C)c2cc3nc(cc4[nH]c(c5c6[nH]c(cc1n2)c(C)c6C(=O)N(CCOCCOCCO)C5=O)[C@@H](CCC(=O)N(C)CCNC(=O)OC(C)(C)C)[C@@H]4C)C(C)=C3/C=C/C(=O)OC(C)(C)C. The van der Waals surface area contributed by atoms with Gasteiger partial charge in [0, 0.05) is 66.9 Å². The van der Waals surface area contributed by atoms with Crippen LogP contribution in [0.2, 0.25) is 0 Å². The molecule has 17 heteroatoms. The van der Waals surface area contributed by atoms with Crippen molar-refractivity contribution in [1.82, 2.24) is 35.1 Å². The Morgan fingerprint density at radius 2 is 1.51 bits per heavy atom. The molecule has 6 heterocycles. The summed E-state index contributed by atoms with van der Waals surface area (Å²) in [4.78, 5) is 88.9. The Kier molecular flexibility index (Phi) is 16.4. The summed E-state index contributed by atoms with van der Waals surface area (Å²) in [6.07, 6.45) is 3.66. The Bertz CT molecular complexity index is 2660. The van der Waals surface area contributed by atoms with E-state index in [1.165, 1.54) is 11.0 Å². The third-order valence-electron chi connectivity index (χ3n) is 12.4. The van der Waals surface area contributed by atoms with Crippen LogP contribution in [0.4, 0.5) is 4.79 Å². The number of allylic oxidation sites excluding steroid dienone is 5. The average molecular weight is 952 g/mol. The predicted molar refractivity (Wildman–Crippen MR) is 264 cm³/mol. The fourth-order valence-electron chi connectivity index (χ4n) is 8.85. The summed E-state index contributed by atoms with van der Waals surface area (Å²) < 4.78 is 22.1. The minimum atomic E-state index is -0.687. The van der Waals surface area contributed by atoms with Crippen LogP contribution in [0, 0.1) is 6.92 Å². The van der Waals surface area contributed by atoms with Crippen molar-refractivity contribution < 1.29 is 48.0 Å². The second kappa shape index (κ2) is 21.6. The van der Waals surface area contributed by atoms with E-state index in [4.69, 9.17) is 34.0 Å². The molecule has 2 aromatic heterocycles. The molecule has 0 fully saturated rings. The molecule has 6 rings (SSSR count). The number of H-pyrrole nitrogens is 2. The van der Waals surface area contributed by atoms with Crippen LogP contribution in [0.15, 0.2) is 30.4 Å². The van der Waals surface area contributed by atoms with Crippen molar-refractivity contribution in [2.24, 2.45) is 0 Å². The summed E-state index contributed by atoms with van der Waals surface area (Å²) in [5.41, 5.74) is 8.31. The van der Waals surface area contributed by atoms with Gasteiger partial charge in [-0.3, -0.25) is 19.3 Å². The highest BCUT2D eigenvalue weighted by atomic mass is 16.6. The molecule has 4 N–H and O–H groups in total. The van der Waals surface area contributed by atoms with Crippen LogP contribution in [0.5, 0.6) is 0 Å².